The topological polar surface area (TPSA) is 67.8 Å². The Kier molecular flexibility index (Phi) is 2.77. The molecule has 2 aromatic carbocycles. The molecular weight excluding hydrogens is 212 g/mol. The first-order valence-electron chi connectivity index (χ1n) is 4.98. The molecule has 80 valence electrons. The van der Waals surface area contributed by atoms with Crippen molar-refractivity contribution in [3.63, 3.8) is 0 Å². The number of nitrogens with zero attached hydrogens (tertiary/aromatic N) is 2. The van der Waals surface area contributed by atoms with Crippen molar-refractivity contribution in [1.29, 1.82) is 10.5 Å². The molecule has 0 aliphatic rings. The third kappa shape index (κ3) is 2.09. The number of phenolic OH excluding ortho intramolecular Hbond substituents is 1. The summed E-state index contributed by atoms with van der Waals surface area (Å²) in [7, 11) is 0. The molecule has 0 radical (unpaired) electrons. The lowest BCUT2D eigenvalue weighted by Gasteiger charge is -2.03. The minimum absolute atomic E-state index is 0.0232. The number of rotatable bonds is 1. The Hall–Kier alpha value is -2.78. The molecule has 0 aliphatic carbocycles. The highest BCUT2D eigenvalue weighted by atomic mass is 16.3. The Morgan fingerprint density at radius 3 is 2.06 bits per heavy atom. The van der Waals surface area contributed by atoms with E-state index in [2.05, 4.69) is 0 Å². The Labute approximate surface area is 98.8 Å². The minimum Gasteiger partial charge on any atom is -0.507 e. The van der Waals surface area contributed by atoms with Crippen LogP contribution in [0, 0.1) is 22.7 Å². The first kappa shape index (κ1) is 10.7. The van der Waals surface area contributed by atoms with Crippen molar-refractivity contribution in [2.24, 2.45) is 0 Å². The van der Waals surface area contributed by atoms with Crippen LogP contribution < -0.4 is 0 Å². The average Bonchev–Trinajstić information content (AvgIpc) is 2.39. The molecule has 0 saturated carbocycles. The lowest BCUT2D eigenvalue weighted by molar-refractivity contribution is 0.473. The quantitative estimate of drug-likeness (QED) is 0.803. The van der Waals surface area contributed by atoms with Gasteiger partial charge >= 0.3 is 0 Å². The normalized spacial score (nSPS) is 9.29. The van der Waals surface area contributed by atoms with Gasteiger partial charge in [0.1, 0.15) is 11.8 Å². The first-order chi connectivity index (χ1) is 8.24. The second-order valence-corrected chi connectivity index (χ2v) is 3.53. The van der Waals surface area contributed by atoms with Gasteiger partial charge in [-0.3, -0.25) is 0 Å². The van der Waals surface area contributed by atoms with Crippen molar-refractivity contribution < 1.29 is 5.11 Å². The van der Waals surface area contributed by atoms with Crippen LogP contribution in [0.4, 0.5) is 0 Å². The smallest absolute Gasteiger partial charge is 0.133 e. The summed E-state index contributed by atoms with van der Waals surface area (Å²) >= 11 is 0. The van der Waals surface area contributed by atoms with Gasteiger partial charge in [-0.25, -0.2) is 0 Å². The standard InChI is InChI=1S/C14H8N2O/c15-8-10-1-3-11(4-2-10)12-5-6-14(17)13(7-12)9-16/h1-7,17H. The molecule has 0 unspecified atom stereocenters. The molecule has 0 fully saturated rings. The van der Waals surface area contributed by atoms with Gasteiger partial charge in [0.2, 0.25) is 0 Å². The largest absolute Gasteiger partial charge is 0.507 e. The summed E-state index contributed by atoms with van der Waals surface area (Å²) in [5.41, 5.74) is 2.57. The number of hydrogen-bond donors (Lipinski definition) is 1. The summed E-state index contributed by atoms with van der Waals surface area (Å²) in [6, 6.07) is 15.9. The number of aromatic hydroxyl groups is 1. The van der Waals surface area contributed by atoms with Crippen LogP contribution in [0.3, 0.4) is 0 Å². The van der Waals surface area contributed by atoms with Crippen molar-refractivity contribution in [3.8, 4) is 29.0 Å². The van der Waals surface area contributed by atoms with Gasteiger partial charge in [0.25, 0.3) is 0 Å². The third-order valence-corrected chi connectivity index (χ3v) is 2.46. The van der Waals surface area contributed by atoms with Crippen LogP contribution >= 0.6 is 0 Å². The summed E-state index contributed by atoms with van der Waals surface area (Å²) in [5.74, 6) is -0.0232. The molecule has 2 aromatic rings. The highest BCUT2D eigenvalue weighted by molar-refractivity contribution is 5.67. The van der Waals surface area contributed by atoms with Crippen LogP contribution in [0.2, 0.25) is 0 Å². The SMILES string of the molecule is N#Cc1ccc(-c2ccc(O)c(C#N)c2)cc1. The predicted molar refractivity (Wildman–Crippen MR) is 63.0 cm³/mol. The van der Waals surface area contributed by atoms with Crippen LogP contribution in [-0.4, -0.2) is 5.11 Å². The van der Waals surface area contributed by atoms with Crippen molar-refractivity contribution in [1.82, 2.24) is 0 Å². The van der Waals surface area contributed by atoms with Crippen LogP contribution in [0.15, 0.2) is 42.5 Å². The molecule has 0 aliphatic heterocycles. The van der Waals surface area contributed by atoms with Gasteiger partial charge in [-0.1, -0.05) is 18.2 Å². The predicted octanol–water partition coefficient (Wildman–Crippen LogP) is 2.80. The van der Waals surface area contributed by atoms with Crippen molar-refractivity contribution >= 4 is 0 Å². The van der Waals surface area contributed by atoms with Gasteiger partial charge in [-0.2, -0.15) is 10.5 Å². The van der Waals surface area contributed by atoms with Gasteiger partial charge < -0.3 is 5.11 Å². The monoisotopic (exact) mass is 220 g/mol. The highest BCUT2D eigenvalue weighted by Crippen LogP contribution is 2.25. The van der Waals surface area contributed by atoms with Gasteiger partial charge in [-0.05, 0) is 35.4 Å². The molecule has 0 spiro atoms. The summed E-state index contributed by atoms with van der Waals surface area (Å²) in [5, 5.41) is 26.9. The average molecular weight is 220 g/mol. The summed E-state index contributed by atoms with van der Waals surface area (Å²) in [6.07, 6.45) is 0. The number of nitriles is 2. The molecule has 1 N–H and O–H groups in total. The zero-order chi connectivity index (χ0) is 12.3. The van der Waals surface area contributed by atoms with Gasteiger partial charge in [0.15, 0.2) is 0 Å². The fourth-order valence-corrected chi connectivity index (χ4v) is 1.54. The van der Waals surface area contributed by atoms with Crippen molar-refractivity contribution in [3.05, 3.63) is 53.6 Å². The van der Waals surface area contributed by atoms with Crippen molar-refractivity contribution in [2.75, 3.05) is 0 Å². The fourth-order valence-electron chi connectivity index (χ4n) is 1.54. The highest BCUT2D eigenvalue weighted by Gasteiger charge is 2.03. The maximum absolute atomic E-state index is 9.40. The molecule has 3 nitrogen and oxygen atoms in total. The summed E-state index contributed by atoms with van der Waals surface area (Å²) < 4.78 is 0. The first-order valence-corrected chi connectivity index (χ1v) is 4.98. The van der Waals surface area contributed by atoms with E-state index in [1.165, 1.54) is 6.07 Å². The molecule has 0 saturated heterocycles. The number of benzene rings is 2. The van der Waals surface area contributed by atoms with E-state index in [1.807, 2.05) is 24.3 Å². The molecular formula is C14H8N2O. The molecule has 2 rings (SSSR count). The van der Waals surface area contributed by atoms with Gasteiger partial charge in [0.05, 0.1) is 17.2 Å². The van der Waals surface area contributed by atoms with E-state index in [-0.39, 0.29) is 11.3 Å². The molecule has 0 amide bonds. The molecule has 0 aromatic heterocycles. The summed E-state index contributed by atoms with van der Waals surface area (Å²) in [6.45, 7) is 0. The molecule has 17 heavy (non-hydrogen) atoms. The summed E-state index contributed by atoms with van der Waals surface area (Å²) in [4.78, 5) is 0. The number of hydrogen-bond acceptors (Lipinski definition) is 3. The van der Waals surface area contributed by atoms with Crippen LogP contribution in [0.1, 0.15) is 11.1 Å². The van der Waals surface area contributed by atoms with E-state index in [0.29, 0.717) is 5.56 Å². The van der Waals surface area contributed by atoms with E-state index < -0.39 is 0 Å². The Balaban J connectivity index is 2.47. The van der Waals surface area contributed by atoms with Gasteiger partial charge in [-0.15, -0.1) is 0 Å². The molecule has 0 bridgehead atoms. The van der Waals surface area contributed by atoms with Crippen LogP contribution in [0.5, 0.6) is 5.75 Å². The van der Waals surface area contributed by atoms with E-state index >= 15 is 0 Å². The van der Waals surface area contributed by atoms with Crippen molar-refractivity contribution in [2.45, 2.75) is 0 Å². The molecule has 3 heteroatoms. The third-order valence-electron chi connectivity index (χ3n) is 2.46. The maximum Gasteiger partial charge on any atom is 0.133 e. The Morgan fingerprint density at radius 1 is 0.824 bits per heavy atom. The van der Waals surface area contributed by atoms with E-state index in [9.17, 15) is 5.11 Å². The lowest BCUT2D eigenvalue weighted by Crippen LogP contribution is -1.82. The lowest BCUT2D eigenvalue weighted by atomic mass is 10.0. The zero-order valence-electron chi connectivity index (χ0n) is 8.88. The second-order valence-electron chi connectivity index (χ2n) is 3.53. The van der Waals surface area contributed by atoms with E-state index in [1.54, 1.807) is 24.3 Å². The zero-order valence-corrected chi connectivity index (χ0v) is 8.88. The van der Waals surface area contributed by atoms with Crippen LogP contribution in [-0.2, 0) is 0 Å². The second kappa shape index (κ2) is 4.38. The molecule has 0 atom stereocenters. The Bertz CT molecular complexity index is 631. The van der Waals surface area contributed by atoms with E-state index in [0.717, 1.165) is 11.1 Å². The number of phenols is 1. The van der Waals surface area contributed by atoms with E-state index in [4.69, 9.17) is 10.5 Å². The van der Waals surface area contributed by atoms with Gasteiger partial charge in [0, 0.05) is 0 Å². The fraction of sp³-hybridized carbons (Fsp3) is 0. The van der Waals surface area contributed by atoms with Crippen LogP contribution in [0.25, 0.3) is 11.1 Å². The molecule has 0 heterocycles. The Morgan fingerprint density at radius 2 is 1.47 bits per heavy atom. The minimum atomic E-state index is -0.0232. The maximum atomic E-state index is 9.40.